The number of benzene rings is 2. The van der Waals surface area contributed by atoms with E-state index in [1.807, 2.05) is 59.3 Å². The van der Waals surface area contributed by atoms with Crippen molar-refractivity contribution in [2.75, 3.05) is 0 Å². The summed E-state index contributed by atoms with van der Waals surface area (Å²) in [4.78, 5) is 16.0. The summed E-state index contributed by atoms with van der Waals surface area (Å²) in [5.41, 5.74) is 4.41. The smallest absolute Gasteiger partial charge is 0.258 e. The molecule has 1 aliphatic carbocycles. The van der Waals surface area contributed by atoms with Gasteiger partial charge in [0.1, 0.15) is 17.9 Å². The third-order valence-electron chi connectivity index (χ3n) is 6.13. The zero-order valence-electron chi connectivity index (χ0n) is 17.1. The molecule has 0 radical (unpaired) electrons. The fourth-order valence-corrected chi connectivity index (χ4v) is 4.50. The molecule has 0 bridgehead atoms. The number of aromatic nitrogens is 3. The average Bonchev–Trinajstić information content (AvgIpc) is 3.17. The monoisotopic (exact) mass is 399 g/mol. The molecule has 2 aromatic heterocycles. The van der Waals surface area contributed by atoms with Gasteiger partial charge < -0.3 is 10.3 Å². The number of aromatic amines is 1. The van der Waals surface area contributed by atoms with E-state index in [1.165, 1.54) is 32.1 Å². The second-order valence-corrected chi connectivity index (χ2v) is 8.19. The molecule has 0 atom stereocenters. The number of rotatable bonds is 5. The highest BCUT2D eigenvalue weighted by molar-refractivity contribution is 5.92. The van der Waals surface area contributed by atoms with Gasteiger partial charge >= 0.3 is 0 Å². The van der Waals surface area contributed by atoms with E-state index in [4.69, 9.17) is 5.10 Å². The van der Waals surface area contributed by atoms with Crippen molar-refractivity contribution in [2.45, 2.75) is 44.7 Å². The van der Waals surface area contributed by atoms with Gasteiger partial charge in [0.15, 0.2) is 0 Å². The van der Waals surface area contributed by atoms with Crippen LogP contribution in [0.3, 0.4) is 0 Å². The van der Waals surface area contributed by atoms with Gasteiger partial charge in [0.25, 0.3) is 5.56 Å². The molecule has 5 rings (SSSR count). The highest BCUT2D eigenvalue weighted by Crippen LogP contribution is 2.28. The Morgan fingerprint density at radius 3 is 2.40 bits per heavy atom. The van der Waals surface area contributed by atoms with Gasteiger partial charge in [0.2, 0.25) is 0 Å². The summed E-state index contributed by atoms with van der Waals surface area (Å²) in [5, 5.41) is 8.23. The Bertz CT molecular complexity index is 1190. The van der Waals surface area contributed by atoms with Crippen molar-refractivity contribution in [3.05, 3.63) is 82.6 Å². The number of H-pyrrole nitrogens is 1. The van der Waals surface area contributed by atoms with Crippen LogP contribution in [0.15, 0.2) is 71.5 Å². The highest BCUT2D eigenvalue weighted by atomic mass is 16.1. The maximum absolute atomic E-state index is 12.9. The van der Waals surface area contributed by atoms with E-state index in [-0.39, 0.29) is 5.56 Å². The third-order valence-corrected chi connectivity index (χ3v) is 6.13. The number of nitrogens with zero attached hydrogens (tertiary/aromatic N) is 2. The van der Waals surface area contributed by atoms with Crippen molar-refractivity contribution in [3.63, 3.8) is 0 Å². The maximum Gasteiger partial charge on any atom is 0.258 e. The van der Waals surface area contributed by atoms with Crippen molar-refractivity contribution < 1.29 is 5.32 Å². The van der Waals surface area contributed by atoms with Crippen molar-refractivity contribution in [2.24, 2.45) is 0 Å². The molecule has 0 amide bonds. The zero-order valence-corrected chi connectivity index (χ0v) is 17.1. The Labute approximate surface area is 175 Å². The minimum atomic E-state index is -0.0220. The van der Waals surface area contributed by atoms with Gasteiger partial charge in [-0.25, -0.2) is 4.68 Å². The maximum atomic E-state index is 12.9. The van der Waals surface area contributed by atoms with Gasteiger partial charge in [-0.3, -0.25) is 4.79 Å². The SMILES string of the molecule is O=c1[nH]c2c(cc1C[NH2+]C1CCCCC1)c(-c1ccccc1)nn2-c1ccccc1. The van der Waals surface area contributed by atoms with Crippen molar-refractivity contribution in [1.82, 2.24) is 14.8 Å². The van der Waals surface area contributed by atoms with Crippen LogP contribution >= 0.6 is 0 Å². The first kappa shape index (κ1) is 18.8. The molecular formula is C25H27N4O+. The van der Waals surface area contributed by atoms with E-state index in [9.17, 15) is 4.79 Å². The molecule has 4 aromatic rings. The Hall–Kier alpha value is -3.18. The number of pyridine rings is 1. The standard InChI is InChI=1S/C25H26N4O/c30-25-19(17-26-20-12-6-2-7-13-20)16-22-23(18-10-4-1-5-11-18)28-29(24(22)27-25)21-14-8-3-9-15-21/h1,3-5,8-11,14-16,20,26H,2,6-7,12-13,17H2,(H,27,30)/p+1. The minimum Gasteiger partial charge on any atom is -0.340 e. The van der Waals surface area contributed by atoms with Crippen LogP contribution in [0.2, 0.25) is 0 Å². The first-order valence-electron chi connectivity index (χ1n) is 10.9. The molecule has 0 unspecified atom stereocenters. The number of hydrogen-bond donors (Lipinski definition) is 2. The van der Waals surface area contributed by atoms with Crippen LogP contribution in [0.25, 0.3) is 28.0 Å². The van der Waals surface area contributed by atoms with Crippen LogP contribution in [0.1, 0.15) is 37.7 Å². The lowest BCUT2D eigenvalue weighted by molar-refractivity contribution is -0.706. The van der Waals surface area contributed by atoms with E-state index in [0.29, 0.717) is 12.6 Å². The molecule has 2 aromatic carbocycles. The van der Waals surface area contributed by atoms with E-state index in [2.05, 4.69) is 22.4 Å². The normalized spacial score (nSPS) is 14.9. The van der Waals surface area contributed by atoms with Crippen LogP contribution in [-0.2, 0) is 6.54 Å². The lowest BCUT2D eigenvalue weighted by Crippen LogP contribution is -2.89. The van der Waals surface area contributed by atoms with Gasteiger partial charge in [0.05, 0.1) is 17.3 Å². The van der Waals surface area contributed by atoms with E-state index in [0.717, 1.165) is 33.5 Å². The summed E-state index contributed by atoms with van der Waals surface area (Å²) in [6.07, 6.45) is 6.45. The molecule has 5 nitrogen and oxygen atoms in total. The molecule has 0 aliphatic heterocycles. The largest absolute Gasteiger partial charge is 0.340 e. The summed E-state index contributed by atoms with van der Waals surface area (Å²) >= 11 is 0. The second kappa shape index (κ2) is 8.28. The number of nitrogens with two attached hydrogens (primary N) is 1. The van der Waals surface area contributed by atoms with Gasteiger partial charge in [-0.05, 0) is 43.9 Å². The van der Waals surface area contributed by atoms with E-state index in [1.54, 1.807) is 0 Å². The first-order chi connectivity index (χ1) is 14.8. The van der Waals surface area contributed by atoms with Crippen molar-refractivity contribution in [1.29, 1.82) is 0 Å². The van der Waals surface area contributed by atoms with Gasteiger partial charge in [-0.1, -0.05) is 55.0 Å². The molecular weight excluding hydrogens is 372 g/mol. The predicted molar refractivity (Wildman–Crippen MR) is 120 cm³/mol. The predicted octanol–water partition coefficient (Wildman–Crippen LogP) is 3.78. The van der Waals surface area contributed by atoms with Crippen LogP contribution < -0.4 is 10.9 Å². The molecule has 30 heavy (non-hydrogen) atoms. The fourth-order valence-electron chi connectivity index (χ4n) is 4.50. The lowest BCUT2D eigenvalue weighted by Gasteiger charge is -2.19. The van der Waals surface area contributed by atoms with E-state index < -0.39 is 0 Å². The van der Waals surface area contributed by atoms with Crippen LogP contribution in [-0.4, -0.2) is 20.8 Å². The average molecular weight is 400 g/mol. The van der Waals surface area contributed by atoms with Crippen LogP contribution in [0.4, 0.5) is 0 Å². The fraction of sp³-hybridized carbons (Fsp3) is 0.280. The molecule has 1 aliphatic rings. The number of nitrogens with one attached hydrogen (secondary N) is 1. The topological polar surface area (TPSA) is 67.3 Å². The number of quaternary nitrogens is 1. The minimum absolute atomic E-state index is 0.0220. The van der Waals surface area contributed by atoms with Crippen LogP contribution in [0, 0.1) is 0 Å². The summed E-state index contributed by atoms with van der Waals surface area (Å²) in [6, 6.07) is 22.8. The Kier molecular flexibility index (Phi) is 5.20. The van der Waals surface area contributed by atoms with Crippen molar-refractivity contribution in [3.8, 4) is 16.9 Å². The molecule has 2 heterocycles. The van der Waals surface area contributed by atoms with E-state index >= 15 is 0 Å². The Balaban J connectivity index is 1.59. The molecule has 3 N–H and O–H groups in total. The molecule has 1 fully saturated rings. The Morgan fingerprint density at radius 1 is 0.967 bits per heavy atom. The second-order valence-electron chi connectivity index (χ2n) is 8.19. The van der Waals surface area contributed by atoms with Gasteiger partial charge in [-0.2, -0.15) is 5.10 Å². The first-order valence-corrected chi connectivity index (χ1v) is 10.9. The lowest BCUT2D eigenvalue weighted by atomic mass is 9.95. The number of hydrogen-bond acceptors (Lipinski definition) is 2. The molecule has 5 heteroatoms. The quantitative estimate of drug-likeness (QED) is 0.536. The van der Waals surface area contributed by atoms with Crippen molar-refractivity contribution >= 4 is 11.0 Å². The summed E-state index contributed by atoms with van der Waals surface area (Å²) < 4.78 is 1.84. The number of para-hydroxylation sites is 1. The van der Waals surface area contributed by atoms with Gasteiger partial charge in [-0.15, -0.1) is 0 Å². The van der Waals surface area contributed by atoms with Crippen LogP contribution in [0.5, 0.6) is 0 Å². The summed E-state index contributed by atoms with van der Waals surface area (Å²) in [6.45, 7) is 0.709. The molecule has 1 saturated carbocycles. The highest BCUT2D eigenvalue weighted by Gasteiger charge is 2.19. The number of fused-ring (bicyclic) bond motifs is 1. The van der Waals surface area contributed by atoms with Gasteiger partial charge in [0, 0.05) is 10.9 Å². The third kappa shape index (κ3) is 3.68. The summed E-state index contributed by atoms with van der Waals surface area (Å²) in [5.74, 6) is 0. The zero-order chi connectivity index (χ0) is 20.3. The molecule has 0 saturated heterocycles. The molecule has 152 valence electrons. The molecule has 0 spiro atoms. The Morgan fingerprint density at radius 2 is 1.67 bits per heavy atom. The summed E-state index contributed by atoms with van der Waals surface area (Å²) in [7, 11) is 0.